The number of benzene rings is 1. The number of hydrogen-bond acceptors (Lipinski definition) is 3. The van der Waals surface area contributed by atoms with Crippen LogP contribution in [0.2, 0.25) is 0 Å². The third kappa shape index (κ3) is 6.49. The van der Waals surface area contributed by atoms with Gasteiger partial charge in [0.15, 0.2) is 0 Å². The van der Waals surface area contributed by atoms with Crippen LogP contribution >= 0.6 is 0 Å². The molecule has 0 aromatic heterocycles. The van der Waals surface area contributed by atoms with E-state index in [1.807, 2.05) is 14.1 Å². The lowest BCUT2D eigenvalue weighted by molar-refractivity contribution is -0.137. The van der Waals surface area contributed by atoms with E-state index in [9.17, 15) is 18.0 Å². The van der Waals surface area contributed by atoms with Gasteiger partial charge in [0.25, 0.3) is 0 Å². The first-order valence-electron chi connectivity index (χ1n) is 8.67. The summed E-state index contributed by atoms with van der Waals surface area (Å²) in [4.78, 5) is 16.2. The Hall–Kier alpha value is -1.80. The molecule has 0 spiro atoms. The second-order valence-electron chi connectivity index (χ2n) is 6.83. The van der Waals surface area contributed by atoms with Crippen LogP contribution < -0.4 is 5.32 Å². The summed E-state index contributed by atoms with van der Waals surface area (Å²) in [5.41, 5.74) is 0.0878. The van der Waals surface area contributed by atoms with E-state index in [1.54, 1.807) is 4.90 Å². The summed E-state index contributed by atoms with van der Waals surface area (Å²) < 4.78 is 43.2. The molecule has 0 saturated carbocycles. The van der Waals surface area contributed by atoms with Crippen molar-refractivity contribution in [1.29, 1.82) is 0 Å². The fourth-order valence-corrected chi connectivity index (χ4v) is 2.98. The Morgan fingerprint density at radius 2 is 2.00 bits per heavy atom. The molecule has 146 valence electrons. The third-order valence-electron chi connectivity index (χ3n) is 4.22. The van der Waals surface area contributed by atoms with Gasteiger partial charge >= 0.3 is 12.2 Å². The highest BCUT2D eigenvalue weighted by molar-refractivity contribution is 5.74. The molecule has 2 amide bonds. The van der Waals surface area contributed by atoms with Crippen LogP contribution in [0, 0.1) is 5.92 Å². The number of amides is 2. The maximum Gasteiger partial charge on any atom is 0.416 e. The van der Waals surface area contributed by atoms with Crippen LogP contribution in [0.25, 0.3) is 0 Å². The van der Waals surface area contributed by atoms with E-state index in [4.69, 9.17) is 4.74 Å². The van der Waals surface area contributed by atoms with Crippen LogP contribution in [0.15, 0.2) is 24.3 Å². The van der Waals surface area contributed by atoms with Crippen molar-refractivity contribution in [2.24, 2.45) is 5.92 Å². The van der Waals surface area contributed by atoms with Gasteiger partial charge in [0, 0.05) is 32.1 Å². The van der Waals surface area contributed by atoms with Gasteiger partial charge in [-0.25, -0.2) is 4.79 Å². The van der Waals surface area contributed by atoms with Gasteiger partial charge in [-0.15, -0.1) is 0 Å². The number of urea groups is 1. The largest absolute Gasteiger partial charge is 0.416 e. The minimum absolute atomic E-state index is 0.161. The smallest absolute Gasteiger partial charge is 0.379 e. The first-order valence-corrected chi connectivity index (χ1v) is 8.67. The van der Waals surface area contributed by atoms with E-state index in [-0.39, 0.29) is 11.9 Å². The van der Waals surface area contributed by atoms with Crippen molar-refractivity contribution in [2.75, 3.05) is 53.5 Å². The number of rotatable bonds is 5. The number of halogens is 3. The van der Waals surface area contributed by atoms with E-state index in [0.717, 1.165) is 24.2 Å². The molecule has 1 fully saturated rings. The van der Waals surface area contributed by atoms with E-state index < -0.39 is 11.7 Å². The minimum Gasteiger partial charge on any atom is -0.379 e. The lowest BCUT2D eigenvalue weighted by Gasteiger charge is -2.25. The molecule has 1 aromatic rings. The molecule has 1 atom stereocenters. The summed E-state index contributed by atoms with van der Waals surface area (Å²) in [7, 11) is 3.97. The molecule has 0 radical (unpaired) electrons. The van der Waals surface area contributed by atoms with Crippen molar-refractivity contribution < 1.29 is 22.7 Å². The van der Waals surface area contributed by atoms with Gasteiger partial charge in [0.05, 0.1) is 18.8 Å². The molecule has 1 aromatic carbocycles. The average Bonchev–Trinajstić information content (AvgIpc) is 2.79. The number of hydrogen-bond donors (Lipinski definition) is 1. The average molecular weight is 373 g/mol. The van der Waals surface area contributed by atoms with Crippen LogP contribution in [-0.2, 0) is 17.3 Å². The van der Waals surface area contributed by atoms with Crippen LogP contribution in [0.3, 0.4) is 0 Å². The quantitative estimate of drug-likeness (QED) is 0.863. The molecule has 5 nitrogen and oxygen atoms in total. The fraction of sp³-hybridized carbons (Fsp3) is 0.611. The fourth-order valence-electron chi connectivity index (χ4n) is 2.98. The van der Waals surface area contributed by atoms with Crippen LogP contribution in [-0.4, -0.2) is 69.3 Å². The molecule has 1 aliphatic heterocycles. The van der Waals surface area contributed by atoms with E-state index in [2.05, 4.69) is 10.2 Å². The predicted molar refractivity (Wildman–Crippen MR) is 93.0 cm³/mol. The highest BCUT2D eigenvalue weighted by atomic mass is 19.4. The molecule has 0 aliphatic carbocycles. The summed E-state index contributed by atoms with van der Waals surface area (Å²) in [6.45, 7) is 3.53. The Bertz CT molecular complexity index is 576. The van der Waals surface area contributed by atoms with Gasteiger partial charge in [-0.2, -0.15) is 13.2 Å². The SMILES string of the molecule is CN(C)C[C@H]1COCCN(C(=O)NCCc2ccc(C(F)(F)F)cc2)C1. The highest BCUT2D eigenvalue weighted by Gasteiger charge is 2.29. The molecular formula is C18H26F3N3O2. The zero-order chi connectivity index (χ0) is 19.2. The second kappa shape index (κ2) is 9.23. The summed E-state index contributed by atoms with van der Waals surface area (Å²) in [5.74, 6) is 0.258. The van der Waals surface area contributed by atoms with E-state index in [1.165, 1.54) is 12.1 Å². The van der Waals surface area contributed by atoms with Crippen molar-refractivity contribution in [1.82, 2.24) is 15.1 Å². The van der Waals surface area contributed by atoms with Crippen molar-refractivity contribution >= 4 is 6.03 Å². The molecule has 0 unspecified atom stereocenters. The minimum atomic E-state index is -4.33. The Morgan fingerprint density at radius 3 is 2.62 bits per heavy atom. The van der Waals surface area contributed by atoms with Crippen molar-refractivity contribution in [3.63, 3.8) is 0 Å². The summed E-state index contributed by atoms with van der Waals surface area (Å²) in [5, 5.41) is 2.84. The second-order valence-corrected chi connectivity index (χ2v) is 6.83. The van der Waals surface area contributed by atoms with Gasteiger partial charge in [-0.3, -0.25) is 0 Å². The highest BCUT2D eigenvalue weighted by Crippen LogP contribution is 2.29. The molecule has 2 rings (SSSR count). The number of carbonyl (C=O) groups is 1. The van der Waals surface area contributed by atoms with E-state index >= 15 is 0 Å². The topological polar surface area (TPSA) is 44.8 Å². The lowest BCUT2D eigenvalue weighted by Crippen LogP contribution is -2.44. The van der Waals surface area contributed by atoms with Crippen molar-refractivity contribution in [3.05, 3.63) is 35.4 Å². The molecule has 1 heterocycles. The molecular weight excluding hydrogens is 347 g/mol. The van der Waals surface area contributed by atoms with Crippen LogP contribution in [0.5, 0.6) is 0 Å². The van der Waals surface area contributed by atoms with Gasteiger partial charge < -0.3 is 19.9 Å². The van der Waals surface area contributed by atoms with Gasteiger partial charge in [0.1, 0.15) is 0 Å². The first-order chi connectivity index (χ1) is 12.3. The van der Waals surface area contributed by atoms with Gasteiger partial charge in [-0.05, 0) is 38.2 Å². The molecule has 8 heteroatoms. The Balaban J connectivity index is 1.80. The summed E-state index contributed by atoms with van der Waals surface area (Å²) in [6, 6.07) is 4.86. The number of nitrogens with zero attached hydrogens (tertiary/aromatic N) is 2. The molecule has 1 N–H and O–H groups in total. The van der Waals surface area contributed by atoms with E-state index in [0.29, 0.717) is 39.3 Å². The van der Waals surface area contributed by atoms with Crippen LogP contribution in [0.1, 0.15) is 11.1 Å². The maximum absolute atomic E-state index is 12.6. The lowest BCUT2D eigenvalue weighted by atomic mass is 10.1. The normalized spacial score (nSPS) is 18.7. The third-order valence-corrected chi connectivity index (χ3v) is 4.22. The zero-order valence-corrected chi connectivity index (χ0v) is 15.2. The van der Waals surface area contributed by atoms with Gasteiger partial charge in [0.2, 0.25) is 0 Å². The molecule has 0 bridgehead atoms. The summed E-state index contributed by atoms with van der Waals surface area (Å²) in [6.07, 6.45) is -3.85. The summed E-state index contributed by atoms with van der Waals surface area (Å²) >= 11 is 0. The molecule has 26 heavy (non-hydrogen) atoms. The monoisotopic (exact) mass is 373 g/mol. The Morgan fingerprint density at radius 1 is 1.31 bits per heavy atom. The van der Waals surface area contributed by atoms with Crippen LogP contribution in [0.4, 0.5) is 18.0 Å². The molecule has 1 saturated heterocycles. The number of nitrogens with one attached hydrogen (secondary N) is 1. The van der Waals surface area contributed by atoms with Gasteiger partial charge in [-0.1, -0.05) is 12.1 Å². The Kier molecular flexibility index (Phi) is 7.28. The number of ether oxygens (including phenoxy) is 1. The first kappa shape index (κ1) is 20.5. The van der Waals surface area contributed by atoms with Crippen molar-refractivity contribution in [2.45, 2.75) is 12.6 Å². The van der Waals surface area contributed by atoms with Crippen molar-refractivity contribution in [3.8, 4) is 0 Å². The number of alkyl halides is 3. The predicted octanol–water partition coefficient (Wildman–Crippen LogP) is 2.47. The number of carbonyl (C=O) groups excluding carboxylic acids is 1. The Labute approximate surface area is 152 Å². The maximum atomic E-state index is 12.6. The zero-order valence-electron chi connectivity index (χ0n) is 15.2. The molecule has 1 aliphatic rings. The standard InChI is InChI=1S/C18H26F3N3O2/c1-23(2)11-15-12-24(9-10-26-13-15)17(25)22-8-7-14-3-5-16(6-4-14)18(19,20)21/h3-6,15H,7-13H2,1-2H3,(H,22,25)/t15-/m1/s1.